The van der Waals surface area contributed by atoms with E-state index in [1.807, 2.05) is 0 Å². The van der Waals surface area contributed by atoms with E-state index in [1.54, 1.807) is 4.90 Å². The number of hydrogen-bond donors (Lipinski definition) is 1. The number of amides is 1. The van der Waals surface area contributed by atoms with E-state index in [9.17, 15) is 14.3 Å². The van der Waals surface area contributed by atoms with E-state index in [-0.39, 0.29) is 51.0 Å². The van der Waals surface area contributed by atoms with Crippen molar-refractivity contribution in [1.82, 2.24) is 24.8 Å². The maximum absolute atomic E-state index is 17.0. The van der Waals surface area contributed by atoms with Gasteiger partial charge in [0.05, 0.1) is 31.3 Å². The highest BCUT2D eigenvalue weighted by molar-refractivity contribution is 6.03. The molecule has 2 aromatic carbocycles. The number of likely N-dealkylation sites (tertiary alicyclic amines) is 2. The van der Waals surface area contributed by atoms with Gasteiger partial charge in [-0.25, -0.2) is 13.6 Å². The summed E-state index contributed by atoms with van der Waals surface area (Å²) >= 11 is 0. The van der Waals surface area contributed by atoms with Crippen LogP contribution in [0, 0.1) is 35.3 Å². The van der Waals surface area contributed by atoms with Crippen molar-refractivity contribution in [2.75, 3.05) is 71.1 Å². The van der Waals surface area contributed by atoms with Gasteiger partial charge in [-0.3, -0.25) is 9.88 Å². The number of benzene rings is 2. The van der Waals surface area contributed by atoms with Crippen LogP contribution in [0.25, 0.3) is 32.9 Å². The fourth-order valence-corrected chi connectivity index (χ4v) is 9.09. The summed E-state index contributed by atoms with van der Waals surface area (Å²) in [6.07, 6.45) is 14.1. The number of rotatable bonds is 8. The van der Waals surface area contributed by atoms with Crippen molar-refractivity contribution in [3.05, 3.63) is 47.7 Å². The number of fused-ring (bicyclic) bond motifs is 3. The zero-order chi connectivity index (χ0) is 36.7. The number of methoxy groups -OCH3 is 1. The Morgan fingerprint density at radius 2 is 1.96 bits per heavy atom. The van der Waals surface area contributed by atoms with E-state index < -0.39 is 11.6 Å². The average Bonchev–Trinajstić information content (AvgIpc) is 3.40. The third kappa shape index (κ3) is 6.56. The number of hydrogen-bond acceptors (Lipinski definition) is 10. The molecule has 0 spiro atoms. The van der Waals surface area contributed by atoms with Gasteiger partial charge in [0.15, 0.2) is 5.82 Å². The monoisotopic (exact) mass is 726 g/mol. The molecule has 0 bridgehead atoms. The van der Waals surface area contributed by atoms with E-state index in [0.29, 0.717) is 61.5 Å². The van der Waals surface area contributed by atoms with Crippen LogP contribution in [0.1, 0.15) is 50.5 Å². The Labute approximate surface area is 307 Å². The first-order valence-electron chi connectivity index (χ1n) is 18.6. The van der Waals surface area contributed by atoms with Gasteiger partial charge in [-0.2, -0.15) is 9.97 Å². The Morgan fingerprint density at radius 3 is 2.79 bits per heavy atom. The molecule has 3 saturated heterocycles. The standard InChI is InChI=1S/C40H44F2N6O5/c1-3-28-31(41)9-8-26-19-27(49)20-29(33(26)28)35-34(42)36-30(21-43-35)37(47-14-6-17-52-18-16-47)45-38(44-36)53-24-40-11-4-7-32(40)46(13-5-12-40)15-10-25-22-48(23-25)39(50)51-2/h1,8-9,19-21,25,32,49H,4-7,10-18,22-24H2,2H3/t32-,40-/m1/s1. The van der Waals surface area contributed by atoms with Crippen LogP contribution >= 0.6 is 0 Å². The molecule has 2 aromatic heterocycles. The Bertz CT molecular complexity index is 2080. The van der Waals surface area contributed by atoms with Crippen molar-refractivity contribution in [1.29, 1.82) is 0 Å². The number of phenols is 1. The summed E-state index contributed by atoms with van der Waals surface area (Å²) in [5.74, 6) is 1.87. The normalized spacial score (nSPS) is 22.3. The van der Waals surface area contributed by atoms with Crippen LogP contribution in [0.3, 0.4) is 0 Å². The molecule has 5 heterocycles. The van der Waals surface area contributed by atoms with Crippen LogP contribution in [0.5, 0.6) is 11.8 Å². The highest BCUT2D eigenvalue weighted by Gasteiger charge is 2.48. The number of carbonyl (C=O) groups is 1. The van der Waals surface area contributed by atoms with Crippen LogP contribution in [0.4, 0.5) is 19.4 Å². The van der Waals surface area contributed by atoms with Crippen molar-refractivity contribution in [3.63, 3.8) is 0 Å². The maximum Gasteiger partial charge on any atom is 0.409 e. The molecule has 13 heteroatoms. The van der Waals surface area contributed by atoms with Gasteiger partial charge in [-0.15, -0.1) is 6.42 Å². The molecule has 4 aromatic rings. The smallest absolute Gasteiger partial charge is 0.409 e. The van der Waals surface area contributed by atoms with Crippen molar-refractivity contribution >= 4 is 33.6 Å². The summed E-state index contributed by atoms with van der Waals surface area (Å²) < 4.78 is 49.0. The molecule has 1 saturated carbocycles. The number of nitrogens with zero attached hydrogens (tertiary/aromatic N) is 6. The zero-order valence-corrected chi connectivity index (χ0v) is 30.0. The lowest BCUT2D eigenvalue weighted by Crippen LogP contribution is -2.54. The first kappa shape index (κ1) is 35.2. The van der Waals surface area contributed by atoms with E-state index in [1.165, 1.54) is 37.6 Å². The molecule has 2 atom stereocenters. The fraction of sp³-hybridized carbons (Fsp3) is 0.500. The van der Waals surface area contributed by atoms with Gasteiger partial charge in [0.2, 0.25) is 0 Å². The number of aromatic nitrogens is 3. The van der Waals surface area contributed by atoms with E-state index in [2.05, 4.69) is 25.7 Å². The second-order valence-electron chi connectivity index (χ2n) is 14.9. The molecule has 278 valence electrons. The summed E-state index contributed by atoms with van der Waals surface area (Å²) in [6.45, 7) is 6.19. The highest BCUT2D eigenvalue weighted by atomic mass is 19.1. The first-order valence-corrected chi connectivity index (χ1v) is 18.6. The second kappa shape index (κ2) is 14.6. The number of carbonyl (C=O) groups excluding carboxylic acids is 1. The Morgan fingerprint density at radius 1 is 1.11 bits per heavy atom. The number of phenolic OH excluding ortho intramolecular Hbond substituents is 1. The summed E-state index contributed by atoms with van der Waals surface area (Å²) in [5.41, 5.74) is -0.0642. The zero-order valence-electron chi connectivity index (χ0n) is 30.0. The summed E-state index contributed by atoms with van der Waals surface area (Å²) in [5, 5.41) is 11.8. The Hall–Kier alpha value is -4.80. The SMILES string of the molecule is C#Cc1c(F)ccc2cc(O)cc(-c3ncc4c(N5CCCOCC5)nc(OC[C@]56CCC[C@H]5N(CCC5CN(C(=O)OC)C5)CCC6)nc4c3F)c12. The van der Waals surface area contributed by atoms with Crippen LogP contribution in [-0.2, 0) is 9.47 Å². The lowest BCUT2D eigenvalue weighted by Gasteiger charge is -2.47. The minimum absolute atomic E-state index is 0.0163. The number of terminal acetylenes is 1. The third-order valence-electron chi connectivity index (χ3n) is 11.7. The van der Waals surface area contributed by atoms with Gasteiger partial charge in [-0.1, -0.05) is 18.4 Å². The van der Waals surface area contributed by atoms with Gasteiger partial charge in [-0.05, 0) is 81.1 Å². The minimum atomic E-state index is -0.747. The maximum atomic E-state index is 17.0. The van der Waals surface area contributed by atoms with E-state index in [0.717, 1.165) is 71.1 Å². The number of ether oxygens (including phenoxy) is 3. The quantitative estimate of drug-likeness (QED) is 0.213. The molecule has 1 aliphatic carbocycles. The number of anilines is 1. The molecule has 1 N–H and O–H groups in total. The molecule has 3 aliphatic heterocycles. The van der Waals surface area contributed by atoms with Gasteiger partial charge in [0, 0.05) is 61.4 Å². The van der Waals surface area contributed by atoms with Gasteiger partial charge in [0.25, 0.3) is 0 Å². The topological polar surface area (TPSA) is 113 Å². The van der Waals surface area contributed by atoms with Crippen LogP contribution in [0.15, 0.2) is 30.5 Å². The lowest BCUT2D eigenvalue weighted by atomic mass is 9.75. The molecular formula is C40H44F2N6O5. The van der Waals surface area contributed by atoms with Gasteiger partial charge < -0.3 is 29.1 Å². The van der Waals surface area contributed by atoms with Crippen LogP contribution < -0.4 is 9.64 Å². The summed E-state index contributed by atoms with van der Waals surface area (Å²) in [6, 6.07) is 5.97. The average molecular weight is 727 g/mol. The van der Waals surface area contributed by atoms with Crippen molar-refractivity contribution in [2.45, 2.75) is 51.0 Å². The molecule has 11 nitrogen and oxygen atoms in total. The number of aromatic hydroxyl groups is 1. The predicted octanol–water partition coefficient (Wildman–Crippen LogP) is 6.14. The molecule has 4 fully saturated rings. The van der Waals surface area contributed by atoms with Crippen molar-refractivity contribution in [3.8, 4) is 35.4 Å². The van der Waals surface area contributed by atoms with Gasteiger partial charge in [0.1, 0.15) is 28.6 Å². The molecular weight excluding hydrogens is 682 g/mol. The van der Waals surface area contributed by atoms with Crippen molar-refractivity contribution < 1.29 is 32.9 Å². The largest absolute Gasteiger partial charge is 0.508 e. The molecule has 8 rings (SSSR count). The Kier molecular flexibility index (Phi) is 9.68. The molecule has 53 heavy (non-hydrogen) atoms. The summed E-state index contributed by atoms with van der Waals surface area (Å²) in [4.78, 5) is 32.3. The molecule has 0 unspecified atom stereocenters. The highest BCUT2D eigenvalue weighted by Crippen LogP contribution is 2.48. The van der Waals surface area contributed by atoms with Gasteiger partial charge >= 0.3 is 12.1 Å². The molecule has 4 aliphatic rings. The van der Waals surface area contributed by atoms with E-state index in [4.69, 9.17) is 25.6 Å². The molecule has 0 radical (unpaired) electrons. The first-order chi connectivity index (χ1) is 25.8. The predicted molar refractivity (Wildman–Crippen MR) is 196 cm³/mol. The molecule has 1 amide bonds. The fourth-order valence-electron chi connectivity index (χ4n) is 9.09. The Balaban J connectivity index is 1.12. The van der Waals surface area contributed by atoms with Crippen LogP contribution in [-0.4, -0.2) is 108 Å². The number of piperidine rings is 1. The lowest BCUT2D eigenvalue weighted by molar-refractivity contribution is -0.00815. The number of halogens is 2. The number of pyridine rings is 1. The van der Waals surface area contributed by atoms with E-state index >= 15 is 4.39 Å². The minimum Gasteiger partial charge on any atom is -0.508 e. The second-order valence-corrected chi connectivity index (χ2v) is 14.9. The third-order valence-corrected chi connectivity index (χ3v) is 11.7. The summed E-state index contributed by atoms with van der Waals surface area (Å²) in [7, 11) is 1.42. The van der Waals surface area contributed by atoms with Crippen LogP contribution in [0.2, 0.25) is 0 Å². The van der Waals surface area contributed by atoms with Crippen molar-refractivity contribution in [2.24, 2.45) is 11.3 Å².